The van der Waals surface area contributed by atoms with Crippen LogP contribution in [0.25, 0.3) is 33.5 Å². The van der Waals surface area contributed by atoms with Crippen molar-refractivity contribution in [1.29, 1.82) is 0 Å². The van der Waals surface area contributed by atoms with E-state index in [0.717, 1.165) is 12.1 Å². The minimum absolute atomic E-state index is 0.0143. The number of rotatable bonds is 7. The monoisotopic (exact) mass is 544 g/mol. The number of hydrogen-bond donors (Lipinski definition) is 1. The Labute approximate surface area is 219 Å². The van der Waals surface area contributed by atoms with Crippen LogP contribution in [-0.2, 0) is 11.3 Å². The third kappa shape index (κ3) is 6.17. The topological polar surface area (TPSA) is 103 Å². The number of ether oxygens (including phenoxy) is 1. The van der Waals surface area contributed by atoms with Gasteiger partial charge in [-0.2, -0.15) is 0 Å². The van der Waals surface area contributed by atoms with E-state index in [1.54, 1.807) is 38.1 Å². The molecule has 0 unspecified atom stereocenters. The Kier molecular flexibility index (Phi) is 7.49. The van der Waals surface area contributed by atoms with E-state index in [4.69, 9.17) is 11.6 Å². The Morgan fingerprint density at radius 1 is 1.13 bits per heavy atom. The van der Waals surface area contributed by atoms with E-state index >= 15 is 0 Å². The van der Waals surface area contributed by atoms with E-state index in [9.17, 15) is 27.6 Å². The van der Waals surface area contributed by atoms with Crippen molar-refractivity contribution in [3.05, 3.63) is 75.7 Å². The van der Waals surface area contributed by atoms with Gasteiger partial charge in [0.05, 0.1) is 5.39 Å². The average molecular weight is 545 g/mol. The summed E-state index contributed by atoms with van der Waals surface area (Å²) in [7, 11) is 0. The molecule has 0 saturated carbocycles. The van der Waals surface area contributed by atoms with Gasteiger partial charge in [-0.05, 0) is 55.8 Å². The summed E-state index contributed by atoms with van der Waals surface area (Å²) in [6.07, 6.45) is -3.28. The van der Waals surface area contributed by atoms with Gasteiger partial charge in [-0.25, -0.2) is 9.97 Å². The van der Waals surface area contributed by atoms with Crippen LogP contribution in [0.3, 0.4) is 0 Å². The molecule has 2 aromatic heterocycles. The summed E-state index contributed by atoms with van der Waals surface area (Å²) < 4.78 is 43.5. The molecule has 1 N–H and O–H groups in total. The van der Waals surface area contributed by atoms with E-state index in [1.165, 1.54) is 22.9 Å². The number of halogens is 4. The fourth-order valence-electron chi connectivity index (χ4n) is 3.82. The van der Waals surface area contributed by atoms with Crippen LogP contribution in [0, 0.1) is 0 Å². The number of amides is 1. The van der Waals surface area contributed by atoms with Gasteiger partial charge >= 0.3 is 6.36 Å². The van der Waals surface area contributed by atoms with E-state index in [1.807, 2.05) is 0 Å². The first kappa shape index (κ1) is 26.8. The average Bonchev–Trinajstić information content (AvgIpc) is 2.83. The summed E-state index contributed by atoms with van der Waals surface area (Å²) in [5.41, 5.74) is 0.252. The molecular weight excluding hydrogens is 525 g/mol. The minimum Gasteiger partial charge on any atom is -0.406 e. The van der Waals surface area contributed by atoms with Crippen LogP contribution < -0.4 is 15.6 Å². The van der Waals surface area contributed by atoms with Crippen LogP contribution in [0.4, 0.5) is 13.2 Å². The minimum atomic E-state index is -4.97. The highest BCUT2D eigenvalue weighted by Gasteiger charge is 2.31. The number of pyridine rings is 1. The lowest BCUT2D eigenvalue weighted by Gasteiger charge is -2.15. The number of fused-ring (bicyclic) bond motifs is 1. The van der Waals surface area contributed by atoms with Crippen LogP contribution >= 0.6 is 11.6 Å². The summed E-state index contributed by atoms with van der Waals surface area (Å²) in [6, 6.07) is 11.2. The fraction of sp³-hybridized carbons (Fsp3) is 0.192. The van der Waals surface area contributed by atoms with Crippen molar-refractivity contribution in [1.82, 2.24) is 19.9 Å². The number of nitrogens with zero attached hydrogens (tertiary/aromatic N) is 3. The summed E-state index contributed by atoms with van der Waals surface area (Å²) in [5, 5.41) is 3.13. The molecule has 196 valence electrons. The van der Waals surface area contributed by atoms with Gasteiger partial charge in [-0.1, -0.05) is 23.7 Å². The Morgan fingerprint density at radius 3 is 2.55 bits per heavy atom. The van der Waals surface area contributed by atoms with Gasteiger partial charge < -0.3 is 10.1 Å². The van der Waals surface area contributed by atoms with Crippen LogP contribution in [0.2, 0.25) is 5.02 Å². The normalized spacial score (nSPS) is 11.6. The Balaban J connectivity index is 1.90. The van der Waals surface area contributed by atoms with Crippen molar-refractivity contribution < 1.29 is 27.5 Å². The number of nitrogens with one attached hydrogen (secondary N) is 1. The molecule has 0 bridgehead atoms. The quantitative estimate of drug-likeness (QED) is 0.328. The molecule has 0 spiro atoms. The Hall–Kier alpha value is -4.25. The number of carbonyl (C=O) groups is 2. The zero-order valence-electron chi connectivity index (χ0n) is 20.0. The molecule has 0 fully saturated rings. The molecule has 4 aromatic rings. The van der Waals surface area contributed by atoms with Crippen molar-refractivity contribution in [2.75, 3.05) is 0 Å². The zero-order valence-corrected chi connectivity index (χ0v) is 20.8. The van der Waals surface area contributed by atoms with Crippen molar-refractivity contribution in [3.63, 3.8) is 0 Å². The van der Waals surface area contributed by atoms with Crippen molar-refractivity contribution in [2.45, 2.75) is 32.8 Å². The van der Waals surface area contributed by atoms with Gasteiger partial charge in [0.15, 0.2) is 5.65 Å². The molecule has 12 heteroatoms. The van der Waals surface area contributed by atoms with Gasteiger partial charge in [-0.15, -0.1) is 13.2 Å². The number of hydrogen-bond acceptors (Lipinski definition) is 6. The Bertz CT molecular complexity index is 1600. The van der Waals surface area contributed by atoms with E-state index in [-0.39, 0.29) is 46.1 Å². The number of alkyl halides is 3. The van der Waals surface area contributed by atoms with Crippen LogP contribution in [0.15, 0.2) is 59.5 Å². The van der Waals surface area contributed by atoms with E-state index in [2.05, 4.69) is 20.0 Å². The van der Waals surface area contributed by atoms with Gasteiger partial charge in [0.2, 0.25) is 5.91 Å². The molecular formula is C26H20ClF3N4O4. The smallest absolute Gasteiger partial charge is 0.406 e. The first-order valence-electron chi connectivity index (χ1n) is 11.3. The molecule has 0 atom stereocenters. The lowest BCUT2D eigenvalue weighted by molar-refractivity contribution is -0.274. The third-order valence-corrected chi connectivity index (χ3v) is 5.51. The summed E-state index contributed by atoms with van der Waals surface area (Å²) in [4.78, 5) is 46.3. The maximum absolute atomic E-state index is 13.6. The van der Waals surface area contributed by atoms with E-state index < -0.39 is 23.6 Å². The highest BCUT2D eigenvalue weighted by atomic mass is 35.5. The lowest BCUT2D eigenvalue weighted by Crippen LogP contribution is -2.37. The zero-order chi connectivity index (χ0) is 27.6. The van der Waals surface area contributed by atoms with Crippen molar-refractivity contribution >= 4 is 34.8 Å². The SMILES string of the molecule is CC(C)NC(=O)Cn1c(-c2cccc(Cl)c2)nc2ncc(-c3cc(C=O)cc(OC(F)(F)F)c3)cc2c1=O. The predicted molar refractivity (Wildman–Crippen MR) is 135 cm³/mol. The maximum Gasteiger partial charge on any atom is 0.573 e. The number of benzene rings is 2. The van der Waals surface area contributed by atoms with Crippen molar-refractivity contribution in [2.24, 2.45) is 0 Å². The second kappa shape index (κ2) is 10.6. The summed E-state index contributed by atoms with van der Waals surface area (Å²) in [6.45, 7) is 3.20. The van der Waals surface area contributed by atoms with Gasteiger partial charge in [0.1, 0.15) is 24.4 Å². The van der Waals surface area contributed by atoms with Crippen LogP contribution in [-0.4, -0.2) is 39.1 Å². The van der Waals surface area contributed by atoms with E-state index in [0.29, 0.717) is 16.9 Å². The summed E-state index contributed by atoms with van der Waals surface area (Å²) in [5.74, 6) is -0.870. The lowest BCUT2D eigenvalue weighted by atomic mass is 10.0. The number of aldehydes is 1. The highest BCUT2D eigenvalue weighted by molar-refractivity contribution is 6.30. The predicted octanol–water partition coefficient (Wildman–Crippen LogP) is 5.01. The van der Waals surface area contributed by atoms with Crippen LogP contribution in [0.5, 0.6) is 5.75 Å². The molecule has 2 aromatic carbocycles. The molecule has 0 radical (unpaired) electrons. The first-order valence-corrected chi connectivity index (χ1v) is 11.6. The molecule has 0 saturated heterocycles. The molecule has 38 heavy (non-hydrogen) atoms. The van der Waals surface area contributed by atoms with Gasteiger partial charge in [0, 0.05) is 34.0 Å². The highest BCUT2D eigenvalue weighted by Crippen LogP contribution is 2.30. The van der Waals surface area contributed by atoms with Crippen LogP contribution in [0.1, 0.15) is 24.2 Å². The molecule has 1 amide bonds. The Morgan fingerprint density at radius 2 is 1.89 bits per heavy atom. The number of carbonyl (C=O) groups excluding carboxylic acids is 2. The molecule has 8 nitrogen and oxygen atoms in total. The largest absolute Gasteiger partial charge is 0.573 e. The van der Waals surface area contributed by atoms with Gasteiger partial charge in [0.25, 0.3) is 5.56 Å². The molecule has 4 rings (SSSR count). The second-order valence-electron chi connectivity index (χ2n) is 8.61. The summed E-state index contributed by atoms with van der Waals surface area (Å²) >= 11 is 6.13. The van der Waals surface area contributed by atoms with Crippen molar-refractivity contribution in [3.8, 4) is 28.3 Å². The maximum atomic E-state index is 13.6. The fourth-order valence-corrected chi connectivity index (χ4v) is 4.01. The number of aromatic nitrogens is 3. The molecule has 0 aliphatic carbocycles. The van der Waals surface area contributed by atoms with Gasteiger partial charge in [-0.3, -0.25) is 19.0 Å². The third-order valence-electron chi connectivity index (χ3n) is 5.28. The second-order valence-corrected chi connectivity index (χ2v) is 9.05. The first-order chi connectivity index (χ1) is 17.9. The molecule has 0 aliphatic heterocycles. The molecule has 2 heterocycles. The molecule has 0 aliphatic rings. The standard InChI is InChI=1S/C26H20ClF3N4O4/c1-14(2)32-22(36)12-34-24(16-4-3-5-19(27)8-16)33-23-21(25(34)37)10-18(11-31-23)17-6-15(13-35)7-20(9-17)38-26(28,29)30/h3-11,13-14H,12H2,1-2H3,(H,32,36).